The van der Waals surface area contributed by atoms with Gasteiger partial charge in [0.2, 0.25) is 5.91 Å². The van der Waals surface area contributed by atoms with Crippen molar-refractivity contribution in [2.75, 3.05) is 36.4 Å². The number of carbonyl (C=O) groups is 1. The van der Waals surface area contributed by atoms with E-state index in [-0.39, 0.29) is 24.0 Å². The topological polar surface area (TPSA) is 57.3 Å². The van der Waals surface area contributed by atoms with Crippen LogP contribution in [0.2, 0.25) is 0 Å². The van der Waals surface area contributed by atoms with Gasteiger partial charge in [0.05, 0.1) is 5.56 Å². The summed E-state index contributed by atoms with van der Waals surface area (Å²) in [5, 5.41) is 5.49. The molecule has 0 radical (unpaired) electrons. The summed E-state index contributed by atoms with van der Waals surface area (Å²) in [6, 6.07) is 2.02. The average Bonchev–Trinajstić information content (AvgIpc) is 2.63. The van der Waals surface area contributed by atoms with Crippen LogP contribution in [0.4, 0.5) is 24.8 Å². The largest absolute Gasteiger partial charge is 0.416 e. The number of nitrogens with zero attached hydrogens (tertiary/aromatic N) is 2. The van der Waals surface area contributed by atoms with Crippen molar-refractivity contribution in [3.63, 3.8) is 0 Å². The highest BCUT2D eigenvalue weighted by atomic mass is 19.4. The summed E-state index contributed by atoms with van der Waals surface area (Å²) in [5.74, 6) is 0.319. The molecule has 0 spiro atoms. The molecule has 21 heavy (non-hydrogen) atoms. The number of pyridine rings is 1. The number of hydrogen-bond acceptors (Lipinski definition) is 4. The fourth-order valence-electron chi connectivity index (χ4n) is 2.11. The standard InChI is InChI=1S/C13H17F3N4O/c1-2-17-10-7-9(13(14,15)16)8-11(19-10)20-5-3-12(21)18-4-6-20/h7-8H,2-6H2,1H3,(H,17,19)(H,18,21). The lowest BCUT2D eigenvalue weighted by molar-refractivity contribution is -0.137. The minimum absolute atomic E-state index is 0.101. The molecule has 0 bridgehead atoms. The van der Waals surface area contributed by atoms with Crippen LogP contribution in [-0.2, 0) is 11.0 Å². The number of halogens is 3. The van der Waals surface area contributed by atoms with E-state index in [0.29, 0.717) is 26.2 Å². The van der Waals surface area contributed by atoms with Crippen LogP contribution in [0.25, 0.3) is 0 Å². The van der Waals surface area contributed by atoms with Crippen molar-refractivity contribution in [3.05, 3.63) is 17.7 Å². The van der Waals surface area contributed by atoms with Gasteiger partial charge in [-0.2, -0.15) is 13.2 Å². The zero-order valence-electron chi connectivity index (χ0n) is 11.6. The summed E-state index contributed by atoms with van der Waals surface area (Å²) in [6.07, 6.45) is -4.18. The van der Waals surface area contributed by atoms with Gasteiger partial charge in [0.25, 0.3) is 0 Å². The maximum atomic E-state index is 13.0. The number of anilines is 2. The smallest absolute Gasteiger partial charge is 0.370 e. The van der Waals surface area contributed by atoms with E-state index in [9.17, 15) is 18.0 Å². The lowest BCUT2D eigenvalue weighted by Gasteiger charge is -2.22. The molecule has 0 aromatic carbocycles. The van der Waals surface area contributed by atoms with E-state index in [1.165, 1.54) is 0 Å². The van der Waals surface area contributed by atoms with Gasteiger partial charge in [-0.1, -0.05) is 0 Å². The van der Waals surface area contributed by atoms with Gasteiger partial charge in [-0.25, -0.2) is 4.98 Å². The number of carbonyl (C=O) groups excluding carboxylic acids is 1. The van der Waals surface area contributed by atoms with Gasteiger partial charge in [0.15, 0.2) is 0 Å². The summed E-state index contributed by atoms with van der Waals surface area (Å²) in [4.78, 5) is 17.2. The lowest BCUT2D eigenvalue weighted by atomic mass is 10.2. The molecule has 0 saturated carbocycles. The van der Waals surface area contributed by atoms with Crippen molar-refractivity contribution in [2.45, 2.75) is 19.5 Å². The number of rotatable bonds is 3. The SMILES string of the molecule is CCNc1cc(C(F)(F)F)cc(N2CCNC(=O)CC2)n1. The van der Waals surface area contributed by atoms with Crippen molar-refractivity contribution in [3.8, 4) is 0 Å². The highest BCUT2D eigenvalue weighted by molar-refractivity contribution is 5.77. The number of alkyl halides is 3. The van der Waals surface area contributed by atoms with E-state index in [4.69, 9.17) is 0 Å². The first-order valence-corrected chi connectivity index (χ1v) is 6.75. The third kappa shape index (κ3) is 3.99. The molecule has 0 unspecified atom stereocenters. The second kappa shape index (κ2) is 6.19. The van der Waals surface area contributed by atoms with Crippen molar-refractivity contribution in [1.29, 1.82) is 0 Å². The third-order valence-electron chi connectivity index (χ3n) is 3.13. The minimum atomic E-state index is -4.43. The molecular formula is C13H17F3N4O. The van der Waals surface area contributed by atoms with E-state index < -0.39 is 11.7 Å². The Labute approximate surface area is 120 Å². The van der Waals surface area contributed by atoms with E-state index in [1.54, 1.807) is 11.8 Å². The second-order valence-electron chi connectivity index (χ2n) is 4.71. The predicted molar refractivity (Wildman–Crippen MR) is 73.2 cm³/mol. The molecule has 1 saturated heterocycles. The van der Waals surface area contributed by atoms with Crippen LogP contribution < -0.4 is 15.5 Å². The van der Waals surface area contributed by atoms with E-state index in [1.807, 2.05) is 0 Å². The molecule has 1 amide bonds. The first-order valence-electron chi connectivity index (χ1n) is 6.75. The number of nitrogens with one attached hydrogen (secondary N) is 2. The van der Waals surface area contributed by atoms with E-state index in [2.05, 4.69) is 15.6 Å². The van der Waals surface area contributed by atoms with Gasteiger partial charge < -0.3 is 15.5 Å². The van der Waals surface area contributed by atoms with Crippen LogP contribution in [0, 0.1) is 0 Å². The first-order chi connectivity index (χ1) is 9.90. The van der Waals surface area contributed by atoms with Gasteiger partial charge in [0, 0.05) is 32.6 Å². The predicted octanol–water partition coefficient (Wildman–Crippen LogP) is 1.86. The van der Waals surface area contributed by atoms with E-state index >= 15 is 0 Å². The molecule has 1 aliphatic rings. The summed E-state index contributed by atoms with van der Waals surface area (Å²) in [7, 11) is 0. The lowest BCUT2D eigenvalue weighted by Crippen LogP contribution is -2.29. The van der Waals surface area contributed by atoms with Gasteiger partial charge in [-0.3, -0.25) is 4.79 Å². The summed E-state index contributed by atoms with van der Waals surface area (Å²) < 4.78 is 38.9. The first kappa shape index (κ1) is 15.4. The molecule has 2 heterocycles. The average molecular weight is 302 g/mol. The van der Waals surface area contributed by atoms with Gasteiger partial charge in [-0.05, 0) is 19.1 Å². The second-order valence-corrected chi connectivity index (χ2v) is 4.71. The molecular weight excluding hydrogens is 285 g/mol. The van der Waals surface area contributed by atoms with Crippen molar-refractivity contribution in [2.24, 2.45) is 0 Å². The minimum Gasteiger partial charge on any atom is -0.370 e. The monoisotopic (exact) mass is 302 g/mol. The highest BCUT2D eigenvalue weighted by Crippen LogP contribution is 2.33. The number of amides is 1. The maximum absolute atomic E-state index is 13.0. The maximum Gasteiger partial charge on any atom is 0.416 e. The molecule has 0 aliphatic carbocycles. The Bertz CT molecular complexity index is 519. The molecule has 0 atom stereocenters. The molecule has 1 aromatic heterocycles. The summed E-state index contributed by atoms with van der Waals surface area (Å²) >= 11 is 0. The summed E-state index contributed by atoms with van der Waals surface area (Å²) in [6.45, 7) is 3.45. The van der Waals surface area contributed by atoms with Crippen LogP contribution in [0.5, 0.6) is 0 Å². The molecule has 1 aliphatic heterocycles. The molecule has 8 heteroatoms. The van der Waals surface area contributed by atoms with Gasteiger partial charge >= 0.3 is 6.18 Å². The Balaban J connectivity index is 2.32. The molecule has 1 aromatic rings. The Hall–Kier alpha value is -1.99. The molecule has 116 valence electrons. The van der Waals surface area contributed by atoms with Crippen LogP contribution in [0.1, 0.15) is 18.9 Å². The Morgan fingerprint density at radius 1 is 1.38 bits per heavy atom. The summed E-state index contributed by atoms with van der Waals surface area (Å²) in [5.41, 5.74) is -0.744. The van der Waals surface area contributed by atoms with Gasteiger partial charge in [-0.15, -0.1) is 0 Å². The van der Waals surface area contributed by atoms with Crippen LogP contribution >= 0.6 is 0 Å². The zero-order valence-corrected chi connectivity index (χ0v) is 11.6. The molecule has 2 N–H and O–H groups in total. The molecule has 1 fully saturated rings. The van der Waals surface area contributed by atoms with E-state index in [0.717, 1.165) is 12.1 Å². The molecule has 2 rings (SSSR count). The van der Waals surface area contributed by atoms with Crippen LogP contribution in [0.15, 0.2) is 12.1 Å². The third-order valence-corrected chi connectivity index (χ3v) is 3.13. The fourth-order valence-corrected chi connectivity index (χ4v) is 2.11. The Kier molecular flexibility index (Phi) is 4.54. The van der Waals surface area contributed by atoms with Crippen molar-refractivity contribution in [1.82, 2.24) is 10.3 Å². The highest BCUT2D eigenvalue weighted by Gasteiger charge is 2.32. The van der Waals surface area contributed by atoms with Crippen LogP contribution in [0.3, 0.4) is 0 Å². The quantitative estimate of drug-likeness (QED) is 0.895. The van der Waals surface area contributed by atoms with Crippen molar-refractivity contribution < 1.29 is 18.0 Å². The Morgan fingerprint density at radius 2 is 2.14 bits per heavy atom. The van der Waals surface area contributed by atoms with Crippen molar-refractivity contribution >= 4 is 17.5 Å². The van der Waals surface area contributed by atoms with Crippen LogP contribution in [-0.4, -0.2) is 37.1 Å². The normalized spacial score (nSPS) is 16.4. The fraction of sp³-hybridized carbons (Fsp3) is 0.538. The number of aromatic nitrogens is 1. The Morgan fingerprint density at radius 3 is 2.81 bits per heavy atom. The van der Waals surface area contributed by atoms with Gasteiger partial charge in [0.1, 0.15) is 11.6 Å². The number of hydrogen-bond donors (Lipinski definition) is 2. The molecule has 5 nitrogen and oxygen atoms in total. The zero-order chi connectivity index (χ0) is 15.5.